The van der Waals surface area contributed by atoms with Crippen molar-refractivity contribution in [2.75, 3.05) is 5.33 Å². The van der Waals surface area contributed by atoms with Crippen LogP contribution in [0.2, 0.25) is 0 Å². The maximum absolute atomic E-state index is 11.3. The maximum atomic E-state index is 11.3. The Hall–Kier alpha value is -1.23. The average Bonchev–Trinajstić information content (AvgIpc) is 2.55. The van der Waals surface area contributed by atoms with Gasteiger partial charge in [0.2, 0.25) is 0 Å². The van der Waals surface area contributed by atoms with Crippen LogP contribution in [0.5, 0.6) is 0 Å². The number of nitrogens with zero attached hydrogens (tertiary/aromatic N) is 3. The molecule has 0 spiro atoms. The fraction of sp³-hybridized carbons (Fsp3) is 0.222. The molecule has 0 amide bonds. The number of ketones is 1. The molecule has 0 unspecified atom stereocenters. The van der Waals surface area contributed by atoms with E-state index < -0.39 is 0 Å². The van der Waals surface area contributed by atoms with Gasteiger partial charge in [-0.05, 0) is 6.07 Å². The Bertz CT molecular complexity index is 492. The van der Waals surface area contributed by atoms with Gasteiger partial charge in [-0.1, -0.05) is 15.9 Å². The Morgan fingerprint density at radius 1 is 1.64 bits per heavy atom. The lowest BCUT2D eigenvalue weighted by Crippen LogP contribution is -2.00. The van der Waals surface area contributed by atoms with Crippen molar-refractivity contribution in [3.8, 4) is 0 Å². The van der Waals surface area contributed by atoms with Crippen molar-refractivity contribution in [3.63, 3.8) is 0 Å². The number of rotatable bonds is 2. The second kappa shape index (κ2) is 3.49. The molecular formula is C9H8BrN3O. The van der Waals surface area contributed by atoms with Crippen LogP contribution in [0.1, 0.15) is 10.4 Å². The number of hydrogen-bond donors (Lipinski definition) is 0. The normalized spacial score (nSPS) is 10.7. The zero-order valence-electron chi connectivity index (χ0n) is 7.57. The third-order valence-corrected chi connectivity index (χ3v) is 2.43. The van der Waals surface area contributed by atoms with Crippen LogP contribution in [0.3, 0.4) is 0 Å². The van der Waals surface area contributed by atoms with Gasteiger partial charge in [-0.3, -0.25) is 9.48 Å². The first kappa shape index (κ1) is 9.33. The molecule has 0 aliphatic rings. The number of pyridine rings is 1. The molecule has 0 aromatic carbocycles. The van der Waals surface area contributed by atoms with Crippen molar-refractivity contribution in [2.45, 2.75) is 0 Å². The Balaban J connectivity index is 2.55. The van der Waals surface area contributed by atoms with E-state index in [1.807, 2.05) is 13.2 Å². The molecule has 0 bridgehead atoms. The summed E-state index contributed by atoms with van der Waals surface area (Å²) in [5.41, 5.74) is 1.28. The van der Waals surface area contributed by atoms with Gasteiger partial charge in [0.05, 0.1) is 5.33 Å². The molecule has 0 saturated carbocycles. The van der Waals surface area contributed by atoms with Crippen molar-refractivity contribution < 1.29 is 4.79 Å². The Morgan fingerprint density at radius 2 is 2.43 bits per heavy atom. The van der Waals surface area contributed by atoms with Gasteiger partial charge >= 0.3 is 0 Å². The van der Waals surface area contributed by atoms with E-state index in [1.165, 1.54) is 0 Å². The minimum Gasteiger partial charge on any atom is -0.293 e. The third-order valence-electron chi connectivity index (χ3n) is 1.92. The highest BCUT2D eigenvalue weighted by Gasteiger charge is 2.07. The van der Waals surface area contributed by atoms with Crippen molar-refractivity contribution in [1.29, 1.82) is 0 Å². The number of fused-ring (bicyclic) bond motifs is 1. The highest BCUT2D eigenvalue weighted by Crippen LogP contribution is 2.11. The molecule has 0 aliphatic carbocycles. The van der Waals surface area contributed by atoms with E-state index in [2.05, 4.69) is 26.0 Å². The highest BCUT2D eigenvalue weighted by molar-refractivity contribution is 9.09. The Labute approximate surface area is 89.1 Å². The Kier molecular flexibility index (Phi) is 2.33. The van der Waals surface area contributed by atoms with Crippen LogP contribution in [-0.2, 0) is 7.05 Å². The zero-order valence-corrected chi connectivity index (χ0v) is 9.15. The van der Waals surface area contributed by atoms with Crippen LogP contribution in [0, 0.1) is 0 Å². The molecule has 2 rings (SSSR count). The van der Waals surface area contributed by atoms with Gasteiger partial charge in [-0.25, -0.2) is 4.98 Å². The summed E-state index contributed by atoms with van der Waals surface area (Å²) >= 11 is 3.12. The lowest BCUT2D eigenvalue weighted by atomic mass is 10.2. The number of carbonyl (C=O) groups excluding carboxylic acids is 1. The fourth-order valence-electron chi connectivity index (χ4n) is 1.26. The van der Waals surface area contributed by atoms with Crippen LogP contribution in [0.25, 0.3) is 11.0 Å². The lowest BCUT2D eigenvalue weighted by Gasteiger charge is -1.94. The molecule has 2 aromatic heterocycles. The van der Waals surface area contributed by atoms with E-state index in [0.29, 0.717) is 16.5 Å². The average molecular weight is 254 g/mol. The van der Waals surface area contributed by atoms with E-state index in [9.17, 15) is 4.79 Å². The van der Waals surface area contributed by atoms with Gasteiger partial charge in [0, 0.05) is 30.4 Å². The molecule has 2 heterocycles. The smallest absolute Gasteiger partial charge is 0.181 e. The first-order valence-electron chi connectivity index (χ1n) is 4.09. The van der Waals surface area contributed by atoms with Crippen LogP contribution in [-0.4, -0.2) is 25.9 Å². The van der Waals surface area contributed by atoms with Gasteiger partial charge in [0.1, 0.15) is 0 Å². The first-order chi connectivity index (χ1) is 6.70. The predicted molar refractivity (Wildman–Crippen MR) is 56.6 cm³/mol. The molecule has 4 nitrogen and oxygen atoms in total. The summed E-state index contributed by atoms with van der Waals surface area (Å²) in [7, 11) is 1.83. The lowest BCUT2D eigenvalue weighted by molar-refractivity contribution is 0.102. The van der Waals surface area contributed by atoms with Crippen molar-refractivity contribution in [2.24, 2.45) is 7.05 Å². The number of aryl methyl sites for hydroxylation is 1. The van der Waals surface area contributed by atoms with E-state index in [4.69, 9.17) is 0 Å². The molecule has 14 heavy (non-hydrogen) atoms. The minimum absolute atomic E-state index is 0.0308. The molecule has 2 aromatic rings. The third kappa shape index (κ3) is 1.55. The van der Waals surface area contributed by atoms with E-state index >= 15 is 0 Å². The standard InChI is InChI=1S/C9H8BrN3O/c1-13-5-7-2-6(8(14)3-10)4-11-9(7)12-13/h2,4-5H,3H2,1H3. The quantitative estimate of drug-likeness (QED) is 0.603. The number of aromatic nitrogens is 3. The molecule has 72 valence electrons. The number of alkyl halides is 1. The summed E-state index contributed by atoms with van der Waals surface area (Å²) in [6.45, 7) is 0. The largest absolute Gasteiger partial charge is 0.293 e. The first-order valence-corrected chi connectivity index (χ1v) is 5.21. The van der Waals surface area contributed by atoms with Gasteiger partial charge < -0.3 is 0 Å². The predicted octanol–water partition coefficient (Wildman–Crippen LogP) is 1.55. The molecule has 0 radical (unpaired) electrons. The molecule has 0 N–H and O–H groups in total. The maximum Gasteiger partial charge on any atom is 0.181 e. The minimum atomic E-state index is 0.0308. The summed E-state index contributed by atoms with van der Waals surface area (Å²) in [4.78, 5) is 15.4. The van der Waals surface area contributed by atoms with E-state index in [-0.39, 0.29) is 5.78 Å². The van der Waals surface area contributed by atoms with Crippen molar-refractivity contribution >= 4 is 32.7 Å². The number of Topliss-reactive ketones (excluding diaryl/α,β-unsaturated/α-hetero) is 1. The van der Waals surface area contributed by atoms with Gasteiger partial charge in [-0.2, -0.15) is 5.10 Å². The van der Waals surface area contributed by atoms with Gasteiger partial charge in [0.15, 0.2) is 11.4 Å². The van der Waals surface area contributed by atoms with Crippen LogP contribution >= 0.6 is 15.9 Å². The van der Waals surface area contributed by atoms with E-state index in [0.717, 1.165) is 5.39 Å². The van der Waals surface area contributed by atoms with Crippen molar-refractivity contribution in [1.82, 2.24) is 14.8 Å². The van der Waals surface area contributed by atoms with E-state index in [1.54, 1.807) is 16.9 Å². The number of carbonyl (C=O) groups is 1. The molecule has 0 saturated heterocycles. The summed E-state index contributed by atoms with van der Waals surface area (Å²) in [6, 6.07) is 1.80. The van der Waals surface area contributed by atoms with Gasteiger partial charge in [0.25, 0.3) is 0 Å². The van der Waals surface area contributed by atoms with Crippen LogP contribution in [0.4, 0.5) is 0 Å². The highest BCUT2D eigenvalue weighted by atomic mass is 79.9. The summed E-state index contributed by atoms with van der Waals surface area (Å²) < 4.78 is 1.68. The molecule has 0 atom stereocenters. The second-order valence-corrected chi connectivity index (χ2v) is 3.56. The summed E-state index contributed by atoms with van der Waals surface area (Å²) in [5.74, 6) is 0.0308. The Morgan fingerprint density at radius 3 is 3.14 bits per heavy atom. The van der Waals surface area contributed by atoms with Crippen LogP contribution < -0.4 is 0 Å². The SMILES string of the molecule is Cn1cc2cc(C(=O)CBr)cnc2n1. The monoisotopic (exact) mass is 253 g/mol. The fourth-order valence-corrected chi connectivity index (χ4v) is 1.59. The van der Waals surface area contributed by atoms with Gasteiger partial charge in [-0.15, -0.1) is 0 Å². The summed E-state index contributed by atoms with van der Waals surface area (Å²) in [5, 5.41) is 5.33. The summed E-state index contributed by atoms with van der Waals surface area (Å²) in [6.07, 6.45) is 3.40. The second-order valence-electron chi connectivity index (χ2n) is 3.00. The number of halogens is 1. The molecule has 5 heteroatoms. The van der Waals surface area contributed by atoms with Crippen molar-refractivity contribution in [3.05, 3.63) is 24.0 Å². The topological polar surface area (TPSA) is 47.8 Å². The molecule has 0 aliphatic heterocycles. The zero-order chi connectivity index (χ0) is 10.1. The molecule has 0 fully saturated rings. The van der Waals surface area contributed by atoms with Crippen LogP contribution in [0.15, 0.2) is 18.5 Å². The number of hydrogen-bond acceptors (Lipinski definition) is 3. The molecular weight excluding hydrogens is 246 g/mol.